The van der Waals surface area contributed by atoms with Crippen LogP contribution in [0.1, 0.15) is 16.8 Å². The van der Waals surface area contributed by atoms with Gasteiger partial charge < -0.3 is 9.64 Å². The standard InChI is InChI=1S/C20H17F2N3O2S/c21-20(22)28-17-8-4-1-5-14(17)19(26)25-10-9-13(12-25)27-18-11-23-15-6-2-3-7-16(15)24-18/h1-8,11,13,20H,9-10,12H2. The molecule has 1 amide bonds. The fourth-order valence-electron chi connectivity index (χ4n) is 3.19. The van der Waals surface area contributed by atoms with E-state index >= 15 is 0 Å². The molecule has 0 N–H and O–H groups in total. The van der Waals surface area contributed by atoms with Gasteiger partial charge in [0.25, 0.3) is 11.7 Å². The fraction of sp³-hybridized carbons (Fsp3) is 0.250. The van der Waals surface area contributed by atoms with E-state index < -0.39 is 5.76 Å². The second-order valence-corrected chi connectivity index (χ2v) is 7.38. The van der Waals surface area contributed by atoms with Crippen molar-refractivity contribution in [2.45, 2.75) is 23.2 Å². The Morgan fingerprint density at radius 3 is 2.71 bits per heavy atom. The molecular formula is C20H17F2N3O2S. The molecule has 3 aromatic rings. The third-order valence-electron chi connectivity index (χ3n) is 4.48. The zero-order valence-corrected chi connectivity index (χ0v) is 15.6. The number of hydrogen-bond acceptors (Lipinski definition) is 5. The van der Waals surface area contributed by atoms with Crippen molar-refractivity contribution in [2.24, 2.45) is 0 Å². The van der Waals surface area contributed by atoms with Gasteiger partial charge >= 0.3 is 0 Å². The number of amides is 1. The summed E-state index contributed by atoms with van der Waals surface area (Å²) in [5.74, 6) is -2.43. The number of benzene rings is 2. The number of hydrogen-bond donors (Lipinski definition) is 0. The maximum Gasteiger partial charge on any atom is 0.288 e. The van der Waals surface area contributed by atoms with E-state index in [-0.39, 0.29) is 16.9 Å². The Morgan fingerprint density at radius 1 is 1.14 bits per heavy atom. The second-order valence-electron chi connectivity index (χ2n) is 6.35. The largest absolute Gasteiger partial charge is 0.471 e. The molecule has 1 aromatic heterocycles. The molecule has 0 saturated carbocycles. The van der Waals surface area contributed by atoms with E-state index in [2.05, 4.69) is 9.97 Å². The maximum atomic E-state index is 12.8. The normalized spacial score (nSPS) is 16.7. The first-order valence-corrected chi connectivity index (χ1v) is 9.69. The summed E-state index contributed by atoms with van der Waals surface area (Å²) in [4.78, 5) is 23.5. The lowest BCUT2D eigenvalue weighted by atomic mass is 10.2. The van der Waals surface area contributed by atoms with Crippen molar-refractivity contribution in [3.05, 3.63) is 60.3 Å². The lowest BCUT2D eigenvalue weighted by Crippen LogP contribution is -2.31. The highest BCUT2D eigenvalue weighted by molar-refractivity contribution is 7.99. The predicted octanol–water partition coefficient (Wildman–Crippen LogP) is 4.24. The number of para-hydroxylation sites is 2. The summed E-state index contributed by atoms with van der Waals surface area (Å²) in [5.41, 5.74) is 1.81. The highest BCUT2D eigenvalue weighted by Crippen LogP contribution is 2.30. The fourth-order valence-corrected chi connectivity index (χ4v) is 3.82. The Kier molecular flexibility index (Phi) is 5.38. The smallest absolute Gasteiger partial charge is 0.288 e. The lowest BCUT2D eigenvalue weighted by Gasteiger charge is -2.18. The summed E-state index contributed by atoms with van der Waals surface area (Å²) >= 11 is 0.386. The number of alkyl halides is 2. The van der Waals surface area contributed by atoms with Crippen molar-refractivity contribution < 1.29 is 18.3 Å². The number of fused-ring (bicyclic) bond motifs is 1. The minimum atomic E-state index is -2.57. The van der Waals surface area contributed by atoms with E-state index in [0.29, 0.717) is 42.7 Å². The Balaban J connectivity index is 1.44. The van der Waals surface area contributed by atoms with E-state index in [0.717, 1.165) is 11.0 Å². The third kappa shape index (κ3) is 4.06. The van der Waals surface area contributed by atoms with Gasteiger partial charge in [0.1, 0.15) is 6.10 Å². The zero-order chi connectivity index (χ0) is 19.5. The average molecular weight is 401 g/mol. The van der Waals surface area contributed by atoms with E-state index in [9.17, 15) is 13.6 Å². The van der Waals surface area contributed by atoms with Crippen LogP contribution in [0, 0.1) is 0 Å². The third-order valence-corrected chi connectivity index (χ3v) is 5.27. The molecule has 0 spiro atoms. The molecule has 1 aliphatic heterocycles. The van der Waals surface area contributed by atoms with E-state index in [4.69, 9.17) is 4.74 Å². The summed E-state index contributed by atoms with van der Waals surface area (Å²) in [6.45, 7) is 0.874. The summed E-state index contributed by atoms with van der Waals surface area (Å²) in [6, 6.07) is 13.9. The lowest BCUT2D eigenvalue weighted by molar-refractivity contribution is 0.0767. The van der Waals surface area contributed by atoms with Crippen molar-refractivity contribution in [3.8, 4) is 5.88 Å². The van der Waals surface area contributed by atoms with Crippen LogP contribution in [0.2, 0.25) is 0 Å². The van der Waals surface area contributed by atoms with Crippen LogP contribution in [0.25, 0.3) is 11.0 Å². The molecule has 5 nitrogen and oxygen atoms in total. The van der Waals surface area contributed by atoms with Crippen LogP contribution in [0.4, 0.5) is 8.78 Å². The van der Waals surface area contributed by atoms with Gasteiger partial charge in [-0.15, -0.1) is 0 Å². The number of nitrogens with zero attached hydrogens (tertiary/aromatic N) is 3. The molecule has 28 heavy (non-hydrogen) atoms. The van der Waals surface area contributed by atoms with E-state index in [1.807, 2.05) is 24.3 Å². The van der Waals surface area contributed by atoms with Gasteiger partial charge in [-0.2, -0.15) is 8.78 Å². The molecule has 4 rings (SSSR count). The van der Waals surface area contributed by atoms with Gasteiger partial charge in [0.15, 0.2) is 0 Å². The van der Waals surface area contributed by atoms with E-state index in [1.54, 1.807) is 35.4 Å². The van der Waals surface area contributed by atoms with Crippen molar-refractivity contribution in [1.29, 1.82) is 0 Å². The number of thioether (sulfide) groups is 1. The van der Waals surface area contributed by atoms with Crippen LogP contribution >= 0.6 is 11.8 Å². The van der Waals surface area contributed by atoms with Gasteiger partial charge in [-0.25, -0.2) is 9.97 Å². The van der Waals surface area contributed by atoms with Crippen molar-refractivity contribution in [2.75, 3.05) is 13.1 Å². The second kappa shape index (κ2) is 8.10. The molecular weight excluding hydrogens is 384 g/mol. The number of ether oxygens (including phenoxy) is 1. The summed E-state index contributed by atoms with van der Waals surface area (Å²) in [6.07, 6.45) is 2.00. The van der Waals surface area contributed by atoms with Crippen LogP contribution in [0.3, 0.4) is 0 Å². The van der Waals surface area contributed by atoms with Crippen LogP contribution in [0.15, 0.2) is 59.6 Å². The Bertz CT molecular complexity index is 1000. The first-order valence-electron chi connectivity index (χ1n) is 8.82. The van der Waals surface area contributed by atoms with E-state index in [1.165, 1.54) is 0 Å². The predicted molar refractivity (Wildman–Crippen MR) is 103 cm³/mol. The highest BCUT2D eigenvalue weighted by Gasteiger charge is 2.30. The minimum absolute atomic E-state index is 0.214. The Labute approximate surface area is 164 Å². The molecule has 0 radical (unpaired) electrons. The molecule has 2 aromatic carbocycles. The van der Waals surface area contributed by atoms with Gasteiger partial charge in [0, 0.05) is 17.9 Å². The zero-order valence-electron chi connectivity index (χ0n) is 14.8. The highest BCUT2D eigenvalue weighted by atomic mass is 32.2. The van der Waals surface area contributed by atoms with Gasteiger partial charge in [0.05, 0.1) is 29.3 Å². The molecule has 8 heteroatoms. The van der Waals surface area contributed by atoms with Crippen molar-refractivity contribution in [3.63, 3.8) is 0 Å². The van der Waals surface area contributed by atoms with Crippen LogP contribution < -0.4 is 4.74 Å². The summed E-state index contributed by atoms with van der Waals surface area (Å²) < 4.78 is 31.4. The molecule has 1 atom stereocenters. The topological polar surface area (TPSA) is 55.3 Å². The van der Waals surface area contributed by atoms with Gasteiger partial charge in [-0.1, -0.05) is 36.0 Å². The maximum absolute atomic E-state index is 12.8. The van der Waals surface area contributed by atoms with Crippen LogP contribution in [0.5, 0.6) is 5.88 Å². The Morgan fingerprint density at radius 2 is 1.89 bits per heavy atom. The molecule has 144 valence electrons. The molecule has 2 heterocycles. The Hall–Kier alpha value is -2.74. The van der Waals surface area contributed by atoms with Crippen LogP contribution in [-0.2, 0) is 0 Å². The van der Waals surface area contributed by atoms with Gasteiger partial charge in [-0.3, -0.25) is 4.79 Å². The SMILES string of the molecule is O=C(c1ccccc1SC(F)F)N1CCC(Oc2cnc3ccccc3n2)C1. The molecule has 0 aliphatic carbocycles. The number of rotatable bonds is 5. The molecule has 1 unspecified atom stereocenters. The molecule has 1 fully saturated rings. The summed E-state index contributed by atoms with van der Waals surface area (Å²) in [5, 5.41) is 0. The quantitative estimate of drug-likeness (QED) is 0.599. The monoisotopic (exact) mass is 401 g/mol. The van der Waals surface area contributed by atoms with Gasteiger partial charge in [-0.05, 0) is 24.3 Å². The number of carbonyl (C=O) groups is 1. The average Bonchev–Trinajstić information content (AvgIpc) is 3.16. The molecule has 0 bridgehead atoms. The van der Waals surface area contributed by atoms with Crippen molar-refractivity contribution >= 4 is 28.7 Å². The number of halogens is 2. The minimum Gasteiger partial charge on any atom is -0.471 e. The molecule has 1 saturated heterocycles. The number of likely N-dealkylation sites (tertiary alicyclic amines) is 1. The van der Waals surface area contributed by atoms with Crippen LogP contribution in [-0.4, -0.2) is 45.7 Å². The number of carbonyl (C=O) groups excluding carboxylic acids is 1. The molecule has 1 aliphatic rings. The summed E-state index contributed by atoms with van der Waals surface area (Å²) in [7, 11) is 0. The van der Waals surface area contributed by atoms with Crippen molar-refractivity contribution in [1.82, 2.24) is 14.9 Å². The number of aromatic nitrogens is 2. The van der Waals surface area contributed by atoms with Gasteiger partial charge in [0.2, 0.25) is 5.88 Å². The first-order chi connectivity index (χ1) is 13.6. The first kappa shape index (κ1) is 18.6.